The zero-order chi connectivity index (χ0) is 13.9. The number of aliphatic hydroxyl groups excluding tert-OH is 1. The maximum absolute atomic E-state index is 11.8. The highest BCUT2D eigenvalue weighted by Crippen LogP contribution is 2.08. The van der Waals surface area contributed by atoms with Crippen LogP contribution in [0.25, 0.3) is 0 Å². The van der Waals surface area contributed by atoms with Gasteiger partial charge in [0.15, 0.2) is 11.8 Å². The number of rotatable bonds is 5. The van der Waals surface area contributed by atoms with Crippen LogP contribution in [-0.2, 0) is 11.8 Å². The number of ketones is 1. The first-order valence-corrected chi connectivity index (χ1v) is 5.18. The molecule has 0 aliphatic carbocycles. The normalized spacial score (nSPS) is 11.9. The first-order valence-electron chi connectivity index (χ1n) is 5.18. The van der Waals surface area contributed by atoms with E-state index in [4.69, 9.17) is 10.2 Å². The fourth-order valence-corrected chi connectivity index (χ4v) is 1.40. The molecule has 1 heterocycles. The van der Waals surface area contributed by atoms with Crippen LogP contribution >= 0.6 is 0 Å². The highest BCUT2D eigenvalue weighted by Gasteiger charge is 2.21. The van der Waals surface area contributed by atoms with Gasteiger partial charge >= 0.3 is 5.97 Å². The van der Waals surface area contributed by atoms with Crippen molar-refractivity contribution >= 4 is 17.7 Å². The van der Waals surface area contributed by atoms with Crippen LogP contribution in [0, 0.1) is 0 Å². The van der Waals surface area contributed by atoms with Gasteiger partial charge in [-0.05, 0) is 13.0 Å². The van der Waals surface area contributed by atoms with Crippen LogP contribution in [0.5, 0.6) is 0 Å². The summed E-state index contributed by atoms with van der Waals surface area (Å²) in [5.74, 6) is -2.18. The van der Waals surface area contributed by atoms with Crippen molar-refractivity contribution in [2.24, 2.45) is 7.05 Å². The summed E-state index contributed by atoms with van der Waals surface area (Å²) >= 11 is 0. The number of hydrogen-bond acceptors (Lipinski definition) is 4. The second-order valence-corrected chi connectivity index (χ2v) is 3.83. The summed E-state index contributed by atoms with van der Waals surface area (Å²) in [6.07, 6.45) is 1.48. The third-order valence-corrected chi connectivity index (χ3v) is 2.43. The Hall–Kier alpha value is -2.15. The van der Waals surface area contributed by atoms with E-state index in [1.165, 1.54) is 23.8 Å². The molecule has 3 N–H and O–H groups in total. The van der Waals surface area contributed by atoms with Crippen LogP contribution < -0.4 is 5.32 Å². The van der Waals surface area contributed by atoms with E-state index in [0.29, 0.717) is 5.56 Å². The van der Waals surface area contributed by atoms with Gasteiger partial charge in [0.25, 0.3) is 5.91 Å². The Bertz CT molecular complexity index is 492. The SMILES string of the molecule is CC(=O)c1cc(C(=O)N[C@@H](CO)C(=O)O)n(C)c1. The Labute approximate surface area is 103 Å². The first-order chi connectivity index (χ1) is 8.36. The molecule has 0 aliphatic rings. The summed E-state index contributed by atoms with van der Waals surface area (Å²) in [5, 5.41) is 19.6. The molecule has 0 saturated heterocycles. The highest BCUT2D eigenvalue weighted by molar-refractivity contribution is 6.00. The van der Waals surface area contributed by atoms with Crippen molar-refractivity contribution in [1.29, 1.82) is 0 Å². The Morgan fingerprint density at radius 1 is 1.44 bits per heavy atom. The number of aromatic nitrogens is 1. The molecule has 0 saturated carbocycles. The molecular formula is C11H14N2O5. The van der Waals surface area contributed by atoms with Crippen molar-refractivity contribution in [3.63, 3.8) is 0 Å². The average Bonchev–Trinajstić information content (AvgIpc) is 2.67. The van der Waals surface area contributed by atoms with Crippen LogP contribution in [-0.4, -0.2) is 45.1 Å². The lowest BCUT2D eigenvalue weighted by atomic mass is 10.2. The summed E-state index contributed by atoms with van der Waals surface area (Å²) in [5.41, 5.74) is 0.512. The van der Waals surface area contributed by atoms with Gasteiger partial charge in [-0.25, -0.2) is 4.79 Å². The van der Waals surface area contributed by atoms with Gasteiger partial charge in [-0.15, -0.1) is 0 Å². The molecule has 0 fully saturated rings. The topological polar surface area (TPSA) is 109 Å². The van der Waals surface area contributed by atoms with Crippen molar-refractivity contribution in [2.75, 3.05) is 6.61 Å². The van der Waals surface area contributed by atoms with E-state index in [1.54, 1.807) is 7.05 Å². The molecular weight excluding hydrogens is 240 g/mol. The third kappa shape index (κ3) is 2.95. The third-order valence-electron chi connectivity index (χ3n) is 2.43. The molecule has 1 aromatic heterocycles. The van der Waals surface area contributed by atoms with Crippen molar-refractivity contribution in [2.45, 2.75) is 13.0 Å². The van der Waals surface area contributed by atoms with Gasteiger partial charge in [-0.3, -0.25) is 9.59 Å². The highest BCUT2D eigenvalue weighted by atomic mass is 16.4. The number of carboxylic acid groups (broad SMARTS) is 1. The quantitative estimate of drug-likeness (QED) is 0.608. The van der Waals surface area contributed by atoms with Crippen molar-refractivity contribution in [3.8, 4) is 0 Å². The number of nitrogens with one attached hydrogen (secondary N) is 1. The molecule has 1 amide bonds. The summed E-state index contributed by atoms with van der Waals surface area (Å²) in [4.78, 5) is 33.6. The molecule has 0 aromatic carbocycles. The van der Waals surface area contributed by atoms with Crippen molar-refractivity contribution in [3.05, 3.63) is 23.5 Å². The first kappa shape index (κ1) is 13.9. The predicted molar refractivity (Wildman–Crippen MR) is 61.4 cm³/mol. The number of aliphatic carboxylic acids is 1. The minimum absolute atomic E-state index is 0.153. The molecule has 0 bridgehead atoms. The molecule has 1 rings (SSSR count). The molecule has 0 spiro atoms. The van der Waals surface area contributed by atoms with Gasteiger partial charge in [0, 0.05) is 18.8 Å². The number of nitrogens with zero attached hydrogens (tertiary/aromatic N) is 1. The summed E-state index contributed by atoms with van der Waals surface area (Å²) < 4.78 is 1.42. The van der Waals surface area contributed by atoms with E-state index in [0.717, 1.165) is 0 Å². The number of amides is 1. The summed E-state index contributed by atoms with van der Waals surface area (Å²) in [6.45, 7) is 0.663. The molecule has 1 aromatic rings. The van der Waals surface area contributed by atoms with Crippen molar-refractivity contribution in [1.82, 2.24) is 9.88 Å². The number of carboxylic acids is 1. The van der Waals surface area contributed by atoms with Gasteiger partial charge in [0.2, 0.25) is 0 Å². The Morgan fingerprint density at radius 3 is 2.44 bits per heavy atom. The molecule has 98 valence electrons. The molecule has 18 heavy (non-hydrogen) atoms. The molecule has 7 heteroatoms. The number of aryl methyl sites for hydroxylation is 1. The lowest BCUT2D eigenvalue weighted by molar-refractivity contribution is -0.140. The van der Waals surface area contributed by atoms with Gasteiger partial charge in [0.1, 0.15) is 5.69 Å². The largest absolute Gasteiger partial charge is 0.480 e. The van der Waals surface area contributed by atoms with E-state index in [9.17, 15) is 14.4 Å². The van der Waals surface area contributed by atoms with Crippen LogP contribution in [0.2, 0.25) is 0 Å². The van der Waals surface area contributed by atoms with Crippen LogP contribution in [0.3, 0.4) is 0 Å². The molecule has 0 unspecified atom stereocenters. The zero-order valence-electron chi connectivity index (χ0n) is 10.0. The van der Waals surface area contributed by atoms with Crippen molar-refractivity contribution < 1.29 is 24.6 Å². The van der Waals surface area contributed by atoms with Crippen LogP contribution in [0.15, 0.2) is 12.3 Å². The minimum atomic E-state index is -1.37. The fourth-order valence-electron chi connectivity index (χ4n) is 1.40. The Balaban J connectivity index is 2.90. The van der Waals surface area contributed by atoms with Gasteiger partial charge in [0.05, 0.1) is 6.61 Å². The lowest BCUT2D eigenvalue weighted by Gasteiger charge is -2.11. The predicted octanol–water partition coefficient (Wildman–Crippen LogP) is -0.597. The molecule has 0 aliphatic heterocycles. The summed E-state index contributed by atoms with van der Waals surface area (Å²) in [7, 11) is 1.57. The van der Waals surface area contributed by atoms with Crippen LogP contribution in [0.4, 0.5) is 0 Å². The van der Waals surface area contributed by atoms with Gasteiger partial charge < -0.3 is 20.1 Å². The second-order valence-electron chi connectivity index (χ2n) is 3.83. The number of aliphatic hydroxyl groups is 1. The lowest BCUT2D eigenvalue weighted by Crippen LogP contribution is -2.43. The minimum Gasteiger partial charge on any atom is -0.480 e. The number of hydrogen-bond donors (Lipinski definition) is 3. The monoisotopic (exact) mass is 254 g/mol. The van der Waals surface area contributed by atoms with E-state index >= 15 is 0 Å². The number of carbonyl (C=O) groups excluding carboxylic acids is 2. The smallest absolute Gasteiger partial charge is 0.328 e. The standard InChI is InChI=1S/C11H14N2O5/c1-6(15)7-3-9(13(2)4-7)10(16)12-8(5-14)11(17)18/h3-4,8,14H,5H2,1-2H3,(H,12,16)(H,17,18)/t8-/m0/s1. The molecule has 0 radical (unpaired) electrons. The van der Waals surface area contributed by atoms with E-state index < -0.39 is 24.5 Å². The van der Waals surface area contributed by atoms with Crippen LogP contribution in [0.1, 0.15) is 27.8 Å². The maximum atomic E-state index is 11.8. The molecule has 7 nitrogen and oxygen atoms in total. The van der Waals surface area contributed by atoms with Gasteiger partial charge in [-0.2, -0.15) is 0 Å². The second kappa shape index (κ2) is 5.46. The maximum Gasteiger partial charge on any atom is 0.328 e. The summed E-state index contributed by atoms with van der Waals surface area (Å²) in [6, 6.07) is 0.00157. The number of Topliss-reactive ketones (excluding diaryl/α,β-unsaturated/α-hetero) is 1. The fraction of sp³-hybridized carbons (Fsp3) is 0.364. The van der Waals surface area contributed by atoms with E-state index in [1.807, 2.05) is 0 Å². The Kier molecular flexibility index (Phi) is 4.22. The van der Waals surface area contributed by atoms with E-state index in [-0.39, 0.29) is 11.5 Å². The molecule has 1 atom stereocenters. The number of carbonyl (C=O) groups is 3. The average molecular weight is 254 g/mol. The Morgan fingerprint density at radius 2 is 2.06 bits per heavy atom. The van der Waals surface area contributed by atoms with Gasteiger partial charge in [-0.1, -0.05) is 0 Å². The zero-order valence-corrected chi connectivity index (χ0v) is 10.0. The van der Waals surface area contributed by atoms with E-state index in [2.05, 4.69) is 5.32 Å².